The molecular weight excluding hydrogens is 402 g/mol. The molecule has 31 heavy (non-hydrogen) atoms. The van der Waals surface area contributed by atoms with E-state index in [9.17, 15) is 18.8 Å². The molecule has 5 nitrogen and oxygen atoms in total. The summed E-state index contributed by atoms with van der Waals surface area (Å²) >= 11 is 0. The molecular formula is C24H16F2N2O3. The highest BCUT2D eigenvalue weighted by molar-refractivity contribution is 5.91. The van der Waals surface area contributed by atoms with Crippen molar-refractivity contribution in [3.63, 3.8) is 0 Å². The Kier molecular flexibility index (Phi) is 5.14. The first-order valence-electron chi connectivity index (χ1n) is 9.32. The van der Waals surface area contributed by atoms with E-state index in [4.69, 9.17) is 15.2 Å². The minimum absolute atomic E-state index is 0.00233. The van der Waals surface area contributed by atoms with Gasteiger partial charge in [0.2, 0.25) is 5.88 Å². The van der Waals surface area contributed by atoms with Gasteiger partial charge in [0.25, 0.3) is 0 Å². The summed E-state index contributed by atoms with van der Waals surface area (Å²) in [7, 11) is 0. The molecule has 0 fully saturated rings. The molecule has 4 rings (SSSR count). The van der Waals surface area contributed by atoms with E-state index < -0.39 is 23.5 Å². The number of esters is 1. The number of fused-ring (bicyclic) bond motifs is 1. The third-order valence-corrected chi connectivity index (χ3v) is 4.93. The molecule has 0 aliphatic carbocycles. The number of aryl methyl sites for hydroxylation is 1. The number of carbonyl (C=O) groups excluding carboxylic acids is 1. The van der Waals surface area contributed by atoms with Gasteiger partial charge in [0.05, 0.1) is 11.5 Å². The van der Waals surface area contributed by atoms with Gasteiger partial charge in [-0.25, -0.2) is 13.6 Å². The molecule has 1 heterocycles. The van der Waals surface area contributed by atoms with Crippen molar-refractivity contribution < 1.29 is 23.0 Å². The van der Waals surface area contributed by atoms with E-state index >= 15 is 0 Å². The average molecular weight is 418 g/mol. The van der Waals surface area contributed by atoms with Crippen LogP contribution >= 0.6 is 0 Å². The highest BCUT2D eigenvalue weighted by Crippen LogP contribution is 2.44. The Balaban J connectivity index is 1.72. The Labute approximate surface area is 176 Å². The molecule has 2 N–H and O–H groups in total. The molecule has 1 aliphatic heterocycles. The topological polar surface area (TPSA) is 85.3 Å². The third-order valence-electron chi connectivity index (χ3n) is 4.93. The first-order valence-corrected chi connectivity index (χ1v) is 9.32. The molecule has 0 radical (unpaired) electrons. The van der Waals surface area contributed by atoms with Crippen molar-refractivity contribution in [2.45, 2.75) is 12.8 Å². The van der Waals surface area contributed by atoms with Gasteiger partial charge in [-0.1, -0.05) is 29.8 Å². The summed E-state index contributed by atoms with van der Waals surface area (Å²) in [5, 5.41) is 9.55. The van der Waals surface area contributed by atoms with Crippen LogP contribution in [0.5, 0.6) is 11.5 Å². The highest BCUT2D eigenvalue weighted by Gasteiger charge is 2.33. The van der Waals surface area contributed by atoms with Crippen molar-refractivity contribution in [3.8, 4) is 17.6 Å². The third kappa shape index (κ3) is 3.83. The predicted octanol–water partition coefficient (Wildman–Crippen LogP) is 4.71. The lowest BCUT2D eigenvalue weighted by Gasteiger charge is -2.27. The predicted molar refractivity (Wildman–Crippen MR) is 108 cm³/mol. The molecule has 0 aromatic heterocycles. The number of nitrogens with zero attached hydrogens (tertiary/aromatic N) is 1. The summed E-state index contributed by atoms with van der Waals surface area (Å²) in [6, 6.07) is 16.5. The fraction of sp³-hybridized carbons (Fsp3) is 0.0833. The molecule has 0 amide bonds. The Hall–Kier alpha value is -4.18. The van der Waals surface area contributed by atoms with Crippen LogP contribution in [0, 0.1) is 29.9 Å². The zero-order valence-corrected chi connectivity index (χ0v) is 16.4. The highest BCUT2D eigenvalue weighted by atomic mass is 19.1. The lowest BCUT2D eigenvalue weighted by molar-refractivity contribution is 0.0734. The molecule has 1 aliphatic rings. The summed E-state index contributed by atoms with van der Waals surface area (Å²) in [6.07, 6.45) is 0. The van der Waals surface area contributed by atoms with E-state index in [-0.39, 0.29) is 28.5 Å². The number of carbonyl (C=O) groups is 1. The Morgan fingerprint density at radius 2 is 1.87 bits per heavy atom. The van der Waals surface area contributed by atoms with Gasteiger partial charge in [-0.2, -0.15) is 5.26 Å². The summed E-state index contributed by atoms with van der Waals surface area (Å²) < 4.78 is 38.9. The minimum Gasteiger partial charge on any atom is -0.440 e. The summed E-state index contributed by atoms with van der Waals surface area (Å²) in [5.74, 6) is -2.80. The van der Waals surface area contributed by atoms with Crippen LogP contribution < -0.4 is 15.2 Å². The number of benzene rings is 3. The van der Waals surface area contributed by atoms with E-state index in [0.29, 0.717) is 11.1 Å². The molecule has 7 heteroatoms. The van der Waals surface area contributed by atoms with Gasteiger partial charge in [-0.15, -0.1) is 0 Å². The van der Waals surface area contributed by atoms with Crippen molar-refractivity contribution in [3.05, 3.63) is 106 Å². The number of hydrogen-bond acceptors (Lipinski definition) is 5. The number of ether oxygens (including phenoxy) is 2. The normalized spacial score (nSPS) is 15.0. The number of nitriles is 1. The Bertz CT molecular complexity index is 1280. The number of halogens is 2. The first-order chi connectivity index (χ1) is 14.9. The fourth-order valence-corrected chi connectivity index (χ4v) is 3.49. The van der Waals surface area contributed by atoms with Gasteiger partial charge < -0.3 is 15.2 Å². The van der Waals surface area contributed by atoms with Gasteiger partial charge in [0.15, 0.2) is 0 Å². The number of rotatable bonds is 3. The van der Waals surface area contributed by atoms with Gasteiger partial charge in [0.1, 0.15) is 34.8 Å². The standard InChI is InChI=1S/C24H16F2N2O3/c1-13-3-2-4-14(9-13)24(29)30-16-6-8-18-21(11-16)31-23(28)19(12-27)22(18)17-7-5-15(25)10-20(17)26/h2-11,22H,28H2,1H3. The number of allylic oxidation sites excluding steroid dienone is 1. The Morgan fingerprint density at radius 1 is 1.10 bits per heavy atom. The average Bonchev–Trinajstić information content (AvgIpc) is 2.73. The van der Waals surface area contributed by atoms with Gasteiger partial charge in [-0.3, -0.25) is 0 Å². The summed E-state index contributed by atoms with van der Waals surface area (Å²) in [4.78, 5) is 12.4. The minimum atomic E-state index is -0.893. The quantitative estimate of drug-likeness (QED) is 0.492. The first kappa shape index (κ1) is 20.1. The molecule has 3 aromatic carbocycles. The van der Waals surface area contributed by atoms with Crippen LogP contribution in [0.4, 0.5) is 8.78 Å². The van der Waals surface area contributed by atoms with Gasteiger partial charge in [0, 0.05) is 23.3 Å². The molecule has 1 atom stereocenters. The van der Waals surface area contributed by atoms with Crippen LogP contribution in [0.25, 0.3) is 0 Å². The zero-order valence-electron chi connectivity index (χ0n) is 16.4. The molecule has 3 aromatic rings. The van der Waals surface area contributed by atoms with E-state index in [1.807, 2.05) is 19.1 Å². The van der Waals surface area contributed by atoms with E-state index in [2.05, 4.69) is 0 Å². The molecule has 0 bridgehead atoms. The van der Waals surface area contributed by atoms with Crippen molar-refractivity contribution >= 4 is 5.97 Å². The van der Waals surface area contributed by atoms with Crippen LogP contribution in [0.1, 0.15) is 33.0 Å². The molecule has 0 spiro atoms. The van der Waals surface area contributed by atoms with Crippen molar-refractivity contribution in [1.29, 1.82) is 5.26 Å². The lowest BCUT2D eigenvalue weighted by Crippen LogP contribution is -2.22. The van der Waals surface area contributed by atoms with Gasteiger partial charge in [-0.05, 0) is 31.2 Å². The molecule has 0 saturated carbocycles. The summed E-state index contributed by atoms with van der Waals surface area (Å²) in [5.41, 5.74) is 7.72. The summed E-state index contributed by atoms with van der Waals surface area (Å²) in [6.45, 7) is 1.86. The monoisotopic (exact) mass is 418 g/mol. The molecule has 1 unspecified atom stereocenters. The van der Waals surface area contributed by atoms with Crippen LogP contribution in [-0.4, -0.2) is 5.97 Å². The van der Waals surface area contributed by atoms with Crippen LogP contribution in [-0.2, 0) is 0 Å². The van der Waals surface area contributed by atoms with Crippen molar-refractivity contribution in [2.75, 3.05) is 0 Å². The van der Waals surface area contributed by atoms with E-state index in [1.165, 1.54) is 18.2 Å². The smallest absolute Gasteiger partial charge is 0.343 e. The maximum Gasteiger partial charge on any atom is 0.343 e. The second kappa shape index (κ2) is 7.92. The maximum atomic E-state index is 14.5. The largest absolute Gasteiger partial charge is 0.440 e. The Morgan fingerprint density at radius 3 is 2.58 bits per heavy atom. The van der Waals surface area contributed by atoms with Crippen molar-refractivity contribution in [2.24, 2.45) is 5.73 Å². The van der Waals surface area contributed by atoms with Crippen LogP contribution in [0.2, 0.25) is 0 Å². The van der Waals surface area contributed by atoms with Gasteiger partial charge >= 0.3 is 5.97 Å². The molecule has 0 saturated heterocycles. The van der Waals surface area contributed by atoms with E-state index in [1.54, 1.807) is 24.3 Å². The zero-order chi connectivity index (χ0) is 22.1. The number of nitrogens with two attached hydrogens (primary N) is 1. The lowest BCUT2D eigenvalue weighted by atomic mass is 9.83. The second-order valence-electron chi connectivity index (χ2n) is 7.05. The van der Waals surface area contributed by atoms with Crippen LogP contribution in [0.15, 0.2) is 72.1 Å². The second-order valence-corrected chi connectivity index (χ2v) is 7.05. The maximum absolute atomic E-state index is 14.5. The van der Waals surface area contributed by atoms with Crippen LogP contribution in [0.3, 0.4) is 0 Å². The number of hydrogen-bond donors (Lipinski definition) is 1. The fourth-order valence-electron chi connectivity index (χ4n) is 3.49. The molecule has 154 valence electrons. The van der Waals surface area contributed by atoms with Crippen molar-refractivity contribution in [1.82, 2.24) is 0 Å². The van der Waals surface area contributed by atoms with E-state index in [0.717, 1.165) is 17.7 Å². The SMILES string of the molecule is Cc1cccc(C(=O)Oc2ccc3c(c2)OC(N)=C(C#N)C3c2ccc(F)cc2F)c1.